The van der Waals surface area contributed by atoms with Crippen molar-refractivity contribution in [2.24, 2.45) is 11.5 Å². The summed E-state index contributed by atoms with van der Waals surface area (Å²) in [5, 5.41) is 0. The second-order valence-electron chi connectivity index (χ2n) is 16.0. The van der Waals surface area contributed by atoms with Crippen molar-refractivity contribution < 1.29 is 32.0 Å². The zero-order valence-corrected chi connectivity index (χ0v) is 35.5. The summed E-state index contributed by atoms with van der Waals surface area (Å²) in [7, 11) is -6.53. The normalized spacial score (nSPS) is 12.4. The second kappa shape index (κ2) is 22.7. The fraction of sp³-hybridized carbons (Fsp3) is 0.525. The third-order valence-electron chi connectivity index (χ3n) is 5.83. The summed E-state index contributed by atoms with van der Waals surface area (Å²) in [4.78, 5) is 10.1. The van der Waals surface area contributed by atoms with Crippen LogP contribution >= 0.6 is 15.2 Å². The molecule has 0 atom stereocenters. The standard InChI is InChI=1S/C23H34NO3P.C9H22NO3P.C7H9N.CH2O/c1-22(2,3)26-28(25,27-23(4,5)6)19-24(17-20-13-9-7-10-14-20)18-21-15-11-8-12-16-21;1-8(2,3)12-14(11,7-10)13-9(4,5)6;8-6-7-4-2-1-3-5-7;1-2/h7-16H,17-19H2,1-6H3;7,10H2,1-6H3;1-5H,6,8H2;1H2. The molecule has 0 amide bonds. The number of nitrogens with zero attached hydrogens (tertiary/aromatic N) is 1. The molecule has 12 heteroatoms. The largest absolute Gasteiger partial charge is 0.345 e. The molecular formula is C40H67N3O7P2. The van der Waals surface area contributed by atoms with Crippen LogP contribution in [0.15, 0.2) is 91.0 Å². The predicted octanol–water partition coefficient (Wildman–Crippen LogP) is 10.2. The lowest BCUT2D eigenvalue weighted by Crippen LogP contribution is -2.31. The molecule has 0 radical (unpaired) electrons. The number of rotatable bonds is 12. The van der Waals surface area contributed by atoms with Gasteiger partial charge in [0.15, 0.2) is 0 Å². The Morgan fingerprint density at radius 1 is 0.500 bits per heavy atom. The molecule has 4 N–H and O–H groups in total. The van der Waals surface area contributed by atoms with Gasteiger partial charge in [-0.1, -0.05) is 91.0 Å². The minimum absolute atomic E-state index is 0.0957. The van der Waals surface area contributed by atoms with Crippen LogP contribution in [0, 0.1) is 0 Å². The van der Waals surface area contributed by atoms with Gasteiger partial charge >= 0.3 is 15.2 Å². The van der Waals surface area contributed by atoms with Crippen LogP contribution < -0.4 is 11.5 Å². The zero-order chi connectivity index (χ0) is 40.3. The van der Waals surface area contributed by atoms with E-state index in [1.165, 1.54) is 5.56 Å². The first-order valence-corrected chi connectivity index (χ1v) is 20.8. The van der Waals surface area contributed by atoms with Crippen LogP contribution in [0.4, 0.5) is 0 Å². The highest BCUT2D eigenvalue weighted by atomic mass is 31.2. The van der Waals surface area contributed by atoms with Crippen molar-refractivity contribution in [2.45, 2.75) is 125 Å². The molecule has 3 aromatic rings. The van der Waals surface area contributed by atoms with E-state index in [2.05, 4.69) is 29.2 Å². The van der Waals surface area contributed by atoms with Gasteiger partial charge in [-0.25, -0.2) is 0 Å². The van der Waals surface area contributed by atoms with Crippen molar-refractivity contribution in [2.75, 3.05) is 12.6 Å². The second-order valence-corrected chi connectivity index (χ2v) is 19.8. The van der Waals surface area contributed by atoms with Crippen LogP contribution in [0.3, 0.4) is 0 Å². The van der Waals surface area contributed by atoms with Gasteiger partial charge in [-0.2, -0.15) is 0 Å². The lowest BCUT2D eigenvalue weighted by molar-refractivity contribution is -0.0980. The first-order chi connectivity index (χ1) is 23.8. The Morgan fingerprint density at radius 3 is 1.00 bits per heavy atom. The summed E-state index contributed by atoms with van der Waals surface area (Å²) in [6.45, 7) is 26.3. The molecule has 0 aliphatic carbocycles. The molecule has 0 saturated carbocycles. The highest BCUT2D eigenvalue weighted by Gasteiger charge is 2.37. The first-order valence-electron chi connectivity index (χ1n) is 17.4. The Balaban J connectivity index is 0.000000894. The van der Waals surface area contributed by atoms with Gasteiger partial charge < -0.3 is 34.4 Å². The molecular weight excluding hydrogens is 696 g/mol. The van der Waals surface area contributed by atoms with Crippen LogP contribution in [0.1, 0.15) is 99.8 Å². The maximum Gasteiger partial charge on any atom is 0.345 e. The molecule has 0 spiro atoms. The molecule has 0 fully saturated rings. The molecule has 52 heavy (non-hydrogen) atoms. The summed E-state index contributed by atoms with van der Waals surface area (Å²) in [5.74, 6) is 0. The van der Waals surface area contributed by atoms with E-state index in [0.717, 1.165) is 11.1 Å². The monoisotopic (exact) mass is 763 g/mol. The molecule has 3 aromatic carbocycles. The van der Waals surface area contributed by atoms with E-state index >= 15 is 0 Å². The van der Waals surface area contributed by atoms with Crippen LogP contribution in [0.25, 0.3) is 0 Å². The molecule has 0 aliphatic rings. The predicted molar refractivity (Wildman–Crippen MR) is 216 cm³/mol. The average molecular weight is 764 g/mol. The van der Waals surface area contributed by atoms with E-state index in [1.54, 1.807) is 0 Å². The van der Waals surface area contributed by atoms with Gasteiger partial charge in [-0.15, -0.1) is 0 Å². The van der Waals surface area contributed by atoms with Gasteiger partial charge in [0.2, 0.25) is 0 Å². The summed E-state index contributed by atoms with van der Waals surface area (Å²) >= 11 is 0. The van der Waals surface area contributed by atoms with E-state index in [4.69, 9.17) is 34.4 Å². The fourth-order valence-corrected chi connectivity index (χ4v) is 8.90. The molecule has 3 rings (SSSR count). The maximum absolute atomic E-state index is 13.7. The molecule has 0 unspecified atom stereocenters. The summed E-state index contributed by atoms with van der Waals surface area (Å²) in [6.07, 6.45) is 0.132. The lowest BCUT2D eigenvalue weighted by Gasteiger charge is -2.35. The number of hydrogen-bond donors (Lipinski definition) is 2. The Morgan fingerprint density at radius 2 is 0.769 bits per heavy atom. The van der Waals surface area contributed by atoms with E-state index in [0.29, 0.717) is 19.6 Å². The van der Waals surface area contributed by atoms with E-state index in [1.807, 2.05) is 157 Å². The molecule has 294 valence electrons. The average Bonchev–Trinajstić information content (AvgIpc) is 3.00. The summed E-state index contributed by atoms with van der Waals surface area (Å²) in [6, 6.07) is 30.4. The van der Waals surface area contributed by atoms with Crippen molar-refractivity contribution in [3.05, 3.63) is 108 Å². The van der Waals surface area contributed by atoms with Crippen molar-refractivity contribution in [1.29, 1.82) is 0 Å². The van der Waals surface area contributed by atoms with Gasteiger partial charge in [-0.05, 0) is 99.8 Å². The fourth-order valence-electron chi connectivity index (χ4n) is 4.54. The van der Waals surface area contributed by atoms with Crippen molar-refractivity contribution in [1.82, 2.24) is 4.90 Å². The Bertz CT molecular complexity index is 1390. The molecule has 0 heterocycles. The highest BCUT2D eigenvalue weighted by Crippen LogP contribution is 2.55. The first kappa shape index (κ1) is 49.5. The zero-order valence-electron chi connectivity index (χ0n) is 33.8. The Labute approximate surface area is 315 Å². The van der Waals surface area contributed by atoms with Crippen LogP contribution in [0.5, 0.6) is 0 Å². The highest BCUT2D eigenvalue weighted by molar-refractivity contribution is 7.54. The van der Waals surface area contributed by atoms with Gasteiger partial charge in [-0.3, -0.25) is 14.0 Å². The van der Waals surface area contributed by atoms with Crippen molar-refractivity contribution >= 4 is 22.0 Å². The van der Waals surface area contributed by atoms with Crippen molar-refractivity contribution in [3.63, 3.8) is 0 Å². The molecule has 10 nitrogen and oxygen atoms in total. The topological polar surface area (TPSA) is 143 Å². The van der Waals surface area contributed by atoms with E-state index in [9.17, 15) is 9.13 Å². The summed E-state index contributed by atoms with van der Waals surface area (Å²) in [5.41, 5.74) is 12.1. The SMILES string of the molecule is C=O.CC(C)(C)OP(=O)(CN(Cc1ccccc1)Cc1ccccc1)OC(C)(C)C.CC(C)(C)OP(=O)(CN)OC(C)(C)C.NCc1ccccc1. The van der Waals surface area contributed by atoms with E-state index in [-0.39, 0.29) is 12.6 Å². The van der Waals surface area contributed by atoms with Gasteiger partial charge in [0, 0.05) is 19.6 Å². The van der Waals surface area contributed by atoms with Crippen molar-refractivity contribution in [3.8, 4) is 0 Å². The van der Waals surface area contributed by atoms with Crippen LogP contribution in [-0.4, -0.2) is 46.7 Å². The van der Waals surface area contributed by atoms with Gasteiger partial charge in [0.25, 0.3) is 0 Å². The number of carbonyl (C=O) groups is 1. The third kappa shape index (κ3) is 25.5. The third-order valence-corrected chi connectivity index (χ3v) is 10.3. The summed E-state index contributed by atoms with van der Waals surface area (Å²) < 4.78 is 48.5. The molecule has 0 saturated heterocycles. The number of carbonyl (C=O) groups excluding carboxylic acids is 1. The quantitative estimate of drug-likeness (QED) is 0.171. The smallest absolute Gasteiger partial charge is 0.326 e. The lowest BCUT2D eigenvalue weighted by atomic mass is 10.2. The molecule has 0 bridgehead atoms. The van der Waals surface area contributed by atoms with Crippen LogP contribution in [0.2, 0.25) is 0 Å². The molecule has 0 aliphatic heterocycles. The Kier molecular flexibility index (Phi) is 21.6. The minimum Gasteiger partial charge on any atom is -0.326 e. The van der Waals surface area contributed by atoms with Gasteiger partial charge in [0.1, 0.15) is 13.1 Å². The van der Waals surface area contributed by atoms with Crippen LogP contribution in [-0.2, 0) is 51.7 Å². The number of nitrogens with two attached hydrogens (primary N) is 2. The maximum atomic E-state index is 13.7. The number of hydrogen-bond acceptors (Lipinski definition) is 10. The van der Waals surface area contributed by atoms with Gasteiger partial charge in [0.05, 0.1) is 28.7 Å². The minimum atomic E-state index is -3.37. The number of benzene rings is 3. The molecule has 0 aromatic heterocycles. The van der Waals surface area contributed by atoms with E-state index < -0.39 is 37.6 Å². The Hall–Kier alpha value is -2.49.